The van der Waals surface area contributed by atoms with E-state index in [1.165, 1.54) is 37.8 Å². The third kappa shape index (κ3) is 2.76. The zero-order valence-electron chi connectivity index (χ0n) is 14.2. The first kappa shape index (κ1) is 15.4. The highest BCUT2D eigenvalue weighted by atomic mass is 32.1. The van der Waals surface area contributed by atoms with Gasteiger partial charge in [0.1, 0.15) is 0 Å². The Balaban J connectivity index is 1.15. The molecule has 0 aromatic heterocycles. The molecule has 1 aliphatic heterocycles. The van der Waals surface area contributed by atoms with Gasteiger partial charge in [0, 0.05) is 18.2 Å². The van der Waals surface area contributed by atoms with Crippen LogP contribution in [0.2, 0.25) is 0 Å². The van der Waals surface area contributed by atoms with Crippen LogP contribution >= 0.6 is 12.2 Å². The number of hydrogen-bond donors (Lipinski definition) is 2. The Labute approximate surface area is 153 Å². The second-order valence-electron chi connectivity index (χ2n) is 7.65. The fourth-order valence-electron chi connectivity index (χ4n) is 5.34. The Bertz CT molecular complexity index is 735. The van der Waals surface area contributed by atoms with Crippen LogP contribution in [-0.2, 0) is 6.54 Å². The molecule has 2 N–H and O–H groups in total. The predicted octanol–water partition coefficient (Wildman–Crippen LogP) is 3.19. The molecule has 1 aromatic rings. The highest BCUT2D eigenvalue weighted by Crippen LogP contribution is 2.57. The van der Waals surface area contributed by atoms with Crippen molar-refractivity contribution >= 4 is 23.0 Å². The van der Waals surface area contributed by atoms with Crippen molar-refractivity contribution in [1.29, 1.82) is 0 Å². The van der Waals surface area contributed by atoms with Crippen molar-refractivity contribution in [3.05, 3.63) is 23.8 Å². The van der Waals surface area contributed by atoms with E-state index in [2.05, 4.69) is 15.8 Å². The van der Waals surface area contributed by atoms with E-state index in [1.54, 1.807) is 0 Å². The van der Waals surface area contributed by atoms with Crippen LogP contribution in [0.5, 0.6) is 11.5 Å². The number of hydrazone groups is 1. The van der Waals surface area contributed by atoms with Crippen molar-refractivity contribution in [3.8, 4) is 11.5 Å². The molecule has 4 aliphatic rings. The largest absolute Gasteiger partial charge is 0.454 e. The molecule has 0 radical (unpaired) electrons. The summed E-state index contributed by atoms with van der Waals surface area (Å²) in [7, 11) is 0. The molecule has 6 heteroatoms. The Kier molecular flexibility index (Phi) is 3.81. The first-order chi connectivity index (χ1) is 12.3. The minimum atomic E-state index is 0.299. The molecule has 3 saturated carbocycles. The number of rotatable bonds is 3. The van der Waals surface area contributed by atoms with Gasteiger partial charge in [0.25, 0.3) is 0 Å². The second-order valence-corrected chi connectivity index (χ2v) is 8.06. The number of ether oxygens (including phenoxy) is 2. The smallest absolute Gasteiger partial charge is 0.231 e. The van der Waals surface area contributed by atoms with E-state index >= 15 is 0 Å². The van der Waals surface area contributed by atoms with Crippen molar-refractivity contribution in [2.24, 2.45) is 28.8 Å². The molecule has 0 spiro atoms. The van der Waals surface area contributed by atoms with Gasteiger partial charge in [-0.05, 0) is 73.4 Å². The van der Waals surface area contributed by atoms with Crippen molar-refractivity contribution < 1.29 is 9.47 Å². The van der Waals surface area contributed by atoms with Gasteiger partial charge in [-0.25, -0.2) is 0 Å². The lowest BCUT2D eigenvalue weighted by Crippen LogP contribution is -2.34. The molecule has 4 atom stereocenters. The lowest BCUT2D eigenvalue weighted by Gasteiger charge is -2.25. The Morgan fingerprint density at radius 2 is 2.08 bits per heavy atom. The van der Waals surface area contributed by atoms with Gasteiger partial charge >= 0.3 is 0 Å². The third-order valence-electron chi connectivity index (χ3n) is 6.39. The highest BCUT2D eigenvalue weighted by Gasteiger charge is 2.52. The lowest BCUT2D eigenvalue weighted by molar-refractivity contribution is 0.174. The summed E-state index contributed by atoms with van der Waals surface area (Å²) in [5, 5.41) is 8.46. The van der Waals surface area contributed by atoms with Crippen LogP contribution in [0.15, 0.2) is 23.3 Å². The standard InChI is InChI=1S/C19H23N3O2S/c25-19(20-9-11-4-5-17-18(6-11)24-10-23-17)22-21-16-8-12-7-15(16)14-3-1-2-13(12)14/h4-6,12-15H,1-3,7-10H2,(H2,20,22,25)/b21-16+/t12-,13+,14-,15+/m1/s1. The summed E-state index contributed by atoms with van der Waals surface area (Å²) in [6, 6.07) is 5.94. The van der Waals surface area contributed by atoms with Crippen LogP contribution in [0.25, 0.3) is 0 Å². The molecule has 3 aliphatic carbocycles. The molecule has 0 saturated heterocycles. The first-order valence-corrected chi connectivity index (χ1v) is 9.67. The van der Waals surface area contributed by atoms with Gasteiger partial charge in [-0.2, -0.15) is 5.10 Å². The summed E-state index contributed by atoms with van der Waals surface area (Å²) in [6.07, 6.45) is 6.79. The lowest BCUT2D eigenvalue weighted by atomic mass is 9.81. The van der Waals surface area contributed by atoms with Crippen LogP contribution in [0, 0.1) is 23.7 Å². The number of benzene rings is 1. The second kappa shape index (κ2) is 6.16. The normalized spacial score (nSPS) is 32.9. The summed E-state index contributed by atoms with van der Waals surface area (Å²) in [5.41, 5.74) is 5.52. The highest BCUT2D eigenvalue weighted by molar-refractivity contribution is 7.80. The molecule has 5 nitrogen and oxygen atoms in total. The fourth-order valence-corrected chi connectivity index (χ4v) is 5.46. The maximum absolute atomic E-state index is 5.40. The minimum Gasteiger partial charge on any atom is -0.454 e. The van der Waals surface area contributed by atoms with E-state index in [4.69, 9.17) is 21.7 Å². The monoisotopic (exact) mass is 357 g/mol. The number of nitrogens with one attached hydrogen (secondary N) is 2. The summed E-state index contributed by atoms with van der Waals surface area (Å²) in [5.74, 6) is 5.08. The molecular formula is C19H23N3O2S. The molecule has 0 amide bonds. The Morgan fingerprint density at radius 1 is 1.20 bits per heavy atom. The van der Waals surface area contributed by atoms with Crippen LogP contribution in [0.3, 0.4) is 0 Å². The van der Waals surface area contributed by atoms with Crippen LogP contribution < -0.4 is 20.2 Å². The van der Waals surface area contributed by atoms with Crippen molar-refractivity contribution in [2.45, 2.75) is 38.6 Å². The zero-order chi connectivity index (χ0) is 16.8. The molecule has 1 aromatic carbocycles. The number of hydrogen-bond acceptors (Lipinski definition) is 4. The maximum atomic E-state index is 5.40. The first-order valence-electron chi connectivity index (χ1n) is 9.27. The van der Waals surface area contributed by atoms with Gasteiger partial charge in [-0.1, -0.05) is 12.5 Å². The van der Waals surface area contributed by atoms with Crippen LogP contribution in [0.1, 0.15) is 37.7 Å². The summed E-state index contributed by atoms with van der Waals surface area (Å²) in [6.45, 7) is 0.942. The topological polar surface area (TPSA) is 54.9 Å². The fraction of sp³-hybridized carbons (Fsp3) is 0.579. The SMILES string of the molecule is S=C(NCc1ccc2c(c1)OCO2)N/N=C1\C[C@H]2C[C@H]1[C@@H]1CCC[C@@H]21. The molecule has 0 unspecified atom stereocenters. The summed E-state index contributed by atoms with van der Waals surface area (Å²) >= 11 is 5.38. The Hall–Kier alpha value is -1.82. The Morgan fingerprint density at radius 3 is 3.04 bits per heavy atom. The average molecular weight is 357 g/mol. The van der Waals surface area contributed by atoms with Crippen molar-refractivity contribution in [2.75, 3.05) is 6.79 Å². The van der Waals surface area contributed by atoms with E-state index in [-0.39, 0.29) is 0 Å². The van der Waals surface area contributed by atoms with Gasteiger partial charge in [-0.15, -0.1) is 0 Å². The van der Waals surface area contributed by atoms with E-state index < -0.39 is 0 Å². The molecule has 3 fully saturated rings. The predicted molar refractivity (Wildman–Crippen MR) is 99.6 cm³/mol. The summed E-state index contributed by atoms with van der Waals surface area (Å²) in [4.78, 5) is 0. The third-order valence-corrected chi connectivity index (χ3v) is 6.63. The van der Waals surface area contributed by atoms with Crippen molar-refractivity contribution in [3.63, 3.8) is 0 Å². The van der Waals surface area contributed by atoms with Gasteiger partial charge in [0.05, 0.1) is 0 Å². The summed E-state index contributed by atoms with van der Waals surface area (Å²) < 4.78 is 10.7. The van der Waals surface area contributed by atoms with E-state index in [9.17, 15) is 0 Å². The molecule has 1 heterocycles. The zero-order valence-corrected chi connectivity index (χ0v) is 15.0. The molecule has 25 heavy (non-hydrogen) atoms. The van der Waals surface area contributed by atoms with Gasteiger partial charge < -0.3 is 14.8 Å². The van der Waals surface area contributed by atoms with Crippen LogP contribution in [-0.4, -0.2) is 17.6 Å². The van der Waals surface area contributed by atoms with Crippen molar-refractivity contribution in [1.82, 2.24) is 10.7 Å². The molecule has 132 valence electrons. The number of thiocarbonyl (C=S) groups is 1. The molecular weight excluding hydrogens is 334 g/mol. The van der Waals surface area contributed by atoms with Gasteiger partial charge in [0.2, 0.25) is 6.79 Å². The van der Waals surface area contributed by atoms with E-state index in [0.717, 1.165) is 34.8 Å². The maximum Gasteiger partial charge on any atom is 0.231 e. The van der Waals surface area contributed by atoms with Gasteiger partial charge in [-0.3, -0.25) is 5.43 Å². The quantitative estimate of drug-likeness (QED) is 0.643. The van der Waals surface area contributed by atoms with Crippen LogP contribution in [0.4, 0.5) is 0 Å². The number of nitrogens with zero attached hydrogens (tertiary/aromatic N) is 1. The minimum absolute atomic E-state index is 0.299. The van der Waals surface area contributed by atoms with E-state index in [1.807, 2.05) is 18.2 Å². The van der Waals surface area contributed by atoms with E-state index in [0.29, 0.717) is 24.4 Å². The number of fused-ring (bicyclic) bond motifs is 6. The van der Waals surface area contributed by atoms with Gasteiger partial charge in [0.15, 0.2) is 16.6 Å². The molecule has 2 bridgehead atoms. The molecule has 5 rings (SSSR count). The average Bonchev–Trinajstić information content (AvgIpc) is 3.39.